The molecule has 2 aromatic rings. The Kier molecular flexibility index (Phi) is 4.83. The van der Waals surface area contributed by atoms with Gasteiger partial charge in [0.2, 0.25) is 11.8 Å². The van der Waals surface area contributed by atoms with Gasteiger partial charge in [-0.05, 0) is 17.7 Å². The molecule has 0 aliphatic heterocycles. The predicted octanol–water partition coefficient (Wildman–Crippen LogP) is 1.38. The zero-order valence-corrected chi connectivity index (χ0v) is 10.9. The summed E-state index contributed by atoms with van der Waals surface area (Å²) in [4.78, 5) is 27.1. The fourth-order valence-electron chi connectivity index (χ4n) is 1.66. The van der Waals surface area contributed by atoms with E-state index in [2.05, 4.69) is 15.6 Å². The van der Waals surface area contributed by atoms with E-state index in [0.29, 0.717) is 5.69 Å². The number of carbonyl (C=O) groups is 2. The van der Waals surface area contributed by atoms with Gasteiger partial charge in [0.05, 0.1) is 13.0 Å². The number of anilines is 1. The number of amides is 2. The Bertz CT molecular complexity index is 517. The largest absolute Gasteiger partial charge is 0.347 e. The SMILES string of the molecule is O=C(Cc1ccccc1)NCC(=O)Nc1ccncc1. The summed E-state index contributed by atoms with van der Waals surface area (Å²) in [5, 5.41) is 5.25. The van der Waals surface area contributed by atoms with Crippen molar-refractivity contribution in [3.63, 3.8) is 0 Å². The molecule has 102 valence electrons. The number of nitrogens with zero attached hydrogens (tertiary/aromatic N) is 1. The Morgan fingerprint density at radius 1 is 0.950 bits per heavy atom. The average molecular weight is 269 g/mol. The van der Waals surface area contributed by atoms with E-state index in [-0.39, 0.29) is 24.8 Å². The molecule has 1 heterocycles. The highest BCUT2D eigenvalue weighted by Crippen LogP contribution is 2.02. The Balaban J connectivity index is 1.75. The van der Waals surface area contributed by atoms with Crippen molar-refractivity contribution < 1.29 is 9.59 Å². The standard InChI is InChI=1S/C15H15N3O2/c19-14(10-12-4-2-1-3-5-12)17-11-15(20)18-13-6-8-16-9-7-13/h1-9H,10-11H2,(H,17,19)(H,16,18,20). The molecule has 5 nitrogen and oxygen atoms in total. The van der Waals surface area contributed by atoms with Crippen LogP contribution in [0.3, 0.4) is 0 Å². The van der Waals surface area contributed by atoms with E-state index >= 15 is 0 Å². The van der Waals surface area contributed by atoms with Gasteiger partial charge in [0.15, 0.2) is 0 Å². The maximum atomic E-state index is 11.7. The second-order valence-electron chi connectivity index (χ2n) is 4.22. The predicted molar refractivity (Wildman–Crippen MR) is 76.0 cm³/mol. The molecule has 2 rings (SSSR count). The molecule has 1 aromatic carbocycles. The molecular weight excluding hydrogens is 254 g/mol. The van der Waals surface area contributed by atoms with Crippen LogP contribution in [0.4, 0.5) is 5.69 Å². The Labute approximate surface area is 117 Å². The Morgan fingerprint density at radius 2 is 1.65 bits per heavy atom. The van der Waals surface area contributed by atoms with Gasteiger partial charge in [-0.25, -0.2) is 0 Å². The molecular formula is C15H15N3O2. The highest BCUT2D eigenvalue weighted by Gasteiger charge is 2.06. The van der Waals surface area contributed by atoms with Crippen molar-refractivity contribution in [3.05, 3.63) is 60.4 Å². The molecule has 0 unspecified atom stereocenters. The fraction of sp³-hybridized carbons (Fsp3) is 0.133. The van der Waals surface area contributed by atoms with Crippen molar-refractivity contribution in [1.29, 1.82) is 0 Å². The lowest BCUT2D eigenvalue weighted by molar-refractivity contribution is -0.123. The summed E-state index contributed by atoms with van der Waals surface area (Å²) in [7, 11) is 0. The van der Waals surface area contributed by atoms with E-state index in [1.807, 2.05) is 30.3 Å². The number of carbonyl (C=O) groups excluding carboxylic acids is 2. The molecule has 5 heteroatoms. The number of nitrogens with one attached hydrogen (secondary N) is 2. The summed E-state index contributed by atoms with van der Waals surface area (Å²) in [6, 6.07) is 12.8. The summed E-state index contributed by atoms with van der Waals surface area (Å²) >= 11 is 0. The molecule has 20 heavy (non-hydrogen) atoms. The topological polar surface area (TPSA) is 71.1 Å². The minimum Gasteiger partial charge on any atom is -0.347 e. The van der Waals surface area contributed by atoms with Crippen LogP contribution < -0.4 is 10.6 Å². The molecule has 0 atom stereocenters. The molecule has 0 spiro atoms. The highest BCUT2D eigenvalue weighted by atomic mass is 16.2. The van der Waals surface area contributed by atoms with Crippen LogP contribution in [-0.2, 0) is 16.0 Å². The van der Waals surface area contributed by atoms with Crippen LogP contribution in [0.1, 0.15) is 5.56 Å². The fourth-order valence-corrected chi connectivity index (χ4v) is 1.66. The first kappa shape index (κ1) is 13.7. The minimum atomic E-state index is -0.266. The lowest BCUT2D eigenvalue weighted by atomic mass is 10.1. The number of hydrogen-bond acceptors (Lipinski definition) is 3. The summed E-state index contributed by atoms with van der Waals surface area (Å²) < 4.78 is 0. The van der Waals surface area contributed by atoms with E-state index in [1.165, 1.54) is 0 Å². The van der Waals surface area contributed by atoms with Gasteiger partial charge >= 0.3 is 0 Å². The van der Waals surface area contributed by atoms with Gasteiger partial charge in [-0.1, -0.05) is 30.3 Å². The zero-order chi connectivity index (χ0) is 14.2. The summed E-state index contributed by atoms with van der Waals surface area (Å²) in [5.74, 6) is -0.446. The maximum absolute atomic E-state index is 11.7. The summed E-state index contributed by atoms with van der Waals surface area (Å²) in [6.45, 7) is -0.0476. The van der Waals surface area contributed by atoms with Crippen molar-refractivity contribution in [3.8, 4) is 0 Å². The van der Waals surface area contributed by atoms with Crippen LogP contribution in [0.2, 0.25) is 0 Å². The molecule has 0 saturated heterocycles. The molecule has 1 aromatic heterocycles. The van der Waals surface area contributed by atoms with Gasteiger partial charge < -0.3 is 10.6 Å². The molecule has 2 N–H and O–H groups in total. The first-order chi connectivity index (χ1) is 9.74. The van der Waals surface area contributed by atoms with Gasteiger partial charge in [0.25, 0.3) is 0 Å². The third-order valence-electron chi connectivity index (χ3n) is 2.62. The van der Waals surface area contributed by atoms with Crippen molar-refractivity contribution in [2.75, 3.05) is 11.9 Å². The lowest BCUT2D eigenvalue weighted by Crippen LogP contribution is -2.33. The summed E-state index contributed by atoms with van der Waals surface area (Å²) in [6.07, 6.45) is 3.44. The number of benzene rings is 1. The minimum absolute atomic E-state index is 0.0476. The van der Waals surface area contributed by atoms with Crippen LogP contribution in [0, 0.1) is 0 Å². The first-order valence-corrected chi connectivity index (χ1v) is 6.24. The van der Waals surface area contributed by atoms with Crippen LogP contribution >= 0.6 is 0 Å². The molecule has 0 aliphatic rings. The lowest BCUT2D eigenvalue weighted by Gasteiger charge is -2.06. The van der Waals surface area contributed by atoms with Gasteiger partial charge in [-0.15, -0.1) is 0 Å². The van der Waals surface area contributed by atoms with Gasteiger partial charge in [0.1, 0.15) is 0 Å². The third kappa shape index (κ3) is 4.53. The van der Waals surface area contributed by atoms with Crippen molar-refractivity contribution in [2.45, 2.75) is 6.42 Å². The second kappa shape index (κ2) is 7.04. The van der Waals surface area contributed by atoms with E-state index in [4.69, 9.17) is 0 Å². The van der Waals surface area contributed by atoms with E-state index < -0.39 is 0 Å². The number of hydrogen-bond donors (Lipinski definition) is 2. The van der Waals surface area contributed by atoms with Crippen molar-refractivity contribution in [2.24, 2.45) is 0 Å². The van der Waals surface area contributed by atoms with Crippen LogP contribution in [0.15, 0.2) is 54.9 Å². The van der Waals surface area contributed by atoms with Crippen LogP contribution in [-0.4, -0.2) is 23.3 Å². The van der Waals surface area contributed by atoms with Gasteiger partial charge in [-0.3, -0.25) is 14.6 Å². The molecule has 0 fully saturated rings. The zero-order valence-electron chi connectivity index (χ0n) is 10.9. The highest BCUT2D eigenvalue weighted by molar-refractivity contribution is 5.94. The Hall–Kier alpha value is -2.69. The number of rotatable bonds is 5. The van der Waals surface area contributed by atoms with Crippen LogP contribution in [0.5, 0.6) is 0 Å². The number of pyridine rings is 1. The number of aromatic nitrogens is 1. The summed E-state index contributed by atoms with van der Waals surface area (Å²) in [5.41, 5.74) is 1.57. The van der Waals surface area contributed by atoms with E-state index in [0.717, 1.165) is 5.56 Å². The quantitative estimate of drug-likeness (QED) is 0.861. The van der Waals surface area contributed by atoms with E-state index in [1.54, 1.807) is 24.5 Å². The molecule has 0 radical (unpaired) electrons. The average Bonchev–Trinajstić information content (AvgIpc) is 2.47. The first-order valence-electron chi connectivity index (χ1n) is 6.24. The van der Waals surface area contributed by atoms with Gasteiger partial charge in [-0.2, -0.15) is 0 Å². The molecule has 2 amide bonds. The maximum Gasteiger partial charge on any atom is 0.243 e. The Morgan fingerprint density at radius 3 is 2.35 bits per heavy atom. The van der Waals surface area contributed by atoms with Crippen LogP contribution in [0.25, 0.3) is 0 Å². The normalized spacial score (nSPS) is 9.80. The molecule has 0 bridgehead atoms. The van der Waals surface area contributed by atoms with E-state index in [9.17, 15) is 9.59 Å². The van der Waals surface area contributed by atoms with Gasteiger partial charge in [0, 0.05) is 18.1 Å². The smallest absolute Gasteiger partial charge is 0.243 e. The second-order valence-corrected chi connectivity index (χ2v) is 4.22. The van der Waals surface area contributed by atoms with Crippen molar-refractivity contribution in [1.82, 2.24) is 10.3 Å². The monoisotopic (exact) mass is 269 g/mol. The van der Waals surface area contributed by atoms with Crippen molar-refractivity contribution >= 4 is 17.5 Å². The molecule has 0 saturated carbocycles. The molecule has 0 aliphatic carbocycles. The third-order valence-corrected chi connectivity index (χ3v) is 2.62.